The zero-order chi connectivity index (χ0) is 23.2. The molecule has 5 rings (SSSR count). The molecule has 0 aliphatic carbocycles. The van der Waals surface area contributed by atoms with Crippen molar-refractivity contribution in [2.24, 2.45) is 0 Å². The molecule has 4 aromatic rings. The van der Waals surface area contributed by atoms with Crippen molar-refractivity contribution in [3.63, 3.8) is 0 Å². The van der Waals surface area contributed by atoms with Crippen molar-refractivity contribution in [1.29, 1.82) is 0 Å². The fraction of sp³-hybridized carbons (Fsp3) is 0.292. The Bertz CT molecular complexity index is 1310. The molecule has 0 bridgehead atoms. The first-order valence-electron chi connectivity index (χ1n) is 10.5. The summed E-state index contributed by atoms with van der Waals surface area (Å²) < 4.78 is 38.6. The second-order valence-corrected chi connectivity index (χ2v) is 8.44. The zero-order valence-corrected chi connectivity index (χ0v) is 18.1. The summed E-state index contributed by atoms with van der Waals surface area (Å²) in [6.07, 6.45) is 3.33. The summed E-state index contributed by atoms with van der Waals surface area (Å²) in [7, 11) is 0. The molecule has 2 aromatic carbocycles. The summed E-state index contributed by atoms with van der Waals surface area (Å²) in [4.78, 5) is 13.3. The molecular weight excluding hydrogens is 430 g/mol. The SMILES string of the molecule is CC(C)(O)c1ncc(-c2ccc3nc4n(c3c2)Cc2c(cccc2OC(F)F)COC4)cn1. The molecule has 0 fully saturated rings. The second-order valence-electron chi connectivity index (χ2n) is 8.44. The van der Waals surface area contributed by atoms with E-state index in [0.717, 1.165) is 27.7 Å². The molecule has 1 aliphatic rings. The minimum atomic E-state index is -2.92. The molecule has 0 atom stereocenters. The van der Waals surface area contributed by atoms with Crippen molar-refractivity contribution in [2.75, 3.05) is 0 Å². The van der Waals surface area contributed by atoms with Crippen molar-refractivity contribution >= 4 is 11.0 Å². The molecule has 0 unspecified atom stereocenters. The second kappa shape index (κ2) is 8.17. The maximum atomic E-state index is 13.0. The Labute approximate surface area is 188 Å². The third-order valence-electron chi connectivity index (χ3n) is 5.61. The lowest BCUT2D eigenvalue weighted by atomic mass is 10.1. The van der Waals surface area contributed by atoms with Crippen LogP contribution in [0.1, 0.15) is 36.6 Å². The first kappa shape index (κ1) is 21.4. The number of nitrogens with zero attached hydrogens (tertiary/aromatic N) is 4. The molecule has 0 saturated heterocycles. The van der Waals surface area contributed by atoms with Crippen molar-refractivity contribution in [3.8, 4) is 16.9 Å². The van der Waals surface area contributed by atoms with Gasteiger partial charge in [0.2, 0.25) is 0 Å². The first-order chi connectivity index (χ1) is 15.8. The summed E-state index contributed by atoms with van der Waals surface area (Å²) >= 11 is 0. The Morgan fingerprint density at radius 2 is 1.88 bits per heavy atom. The quantitative estimate of drug-likeness (QED) is 0.494. The summed E-state index contributed by atoms with van der Waals surface area (Å²) in [5.74, 6) is 1.17. The smallest absolute Gasteiger partial charge is 0.387 e. The van der Waals surface area contributed by atoms with E-state index in [2.05, 4.69) is 15.0 Å². The predicted octanol–water partition coefficient (Wildman–Crippen LogP) is 4.40. The fourth-order valence-corrected chi connectivity index (χ4v) is 3.97. The van der Waals surface area contributed by atoms with Crippen LogP contribution in [0.25, 0.3) is 22.2 Å². The van der Waals surface area contributed by atoms with E-state index < -0.39 is 12.2 Å². The average Bonchev–Trinajstić information content (AvgIpc) is 3.09. The molecule has 3 heterocycles. The molecule has 0 radical (unpaired) electrons. The van der Waals surface area contributed by atoms with Gasteiger partial charge in [-0.25, -0.2) is 15.0 Å². The summed E-state index contributed by atoms with van der Waals surface area (Å²) in [6.45, 7) is 1.25. The van der Waals surface area contributed by atoms with E-state index in [9.17, 15) is 13.9 Å². The highest BCUT2D eigenvalue weighted by atomic mass is 19.3. The van der Waals surface area contributed by atoms with Gasteiger partial charge in [-0.2, -0.15) is 8.78 Å². The van der Waals surface area contributed by atoms with Gasteiger partial charge in [-0.3, -0.25) is 0 Å². The van der Waals surface area contributed by atoms with Crippen molar-refractivity contribution in [1.82, 2.24) is 19.5 Å². The third-order valence-corrected chi connectivity index (χ3v) is 5.61. The van der Waals surface area contributed by atoms with Gasteiger partial charge in [0, 0.05) is 23.5 Å². The monoisotopic (exact) mass is 452 g/mol. The maximum absolute atomic E-state index is 13.0. The van der Waals surface area contributed by atoms with Crippen LogP contribution >= 0.6 is 0 Å². The van der Waals surface area contributed by atoms with Gasteiger partial charge in [-0.05, 0) is 43.2 Å². The molecular formula is C24H22F2N4O3. The van der Waals surface area contributed by atoms with Gasteiger partial charge in [0.05, 0.1) is 24.2 Å². The topological polar surface area (TPSA) is 82.3 Å². The van der Waals surface area contributed by atoms with Crippen LogP contribution in [0.5, 0.6) is 5.75 Å². The van der Waals surface area contributed by atoms with Crippen LogP contribution in [0.3, 0.4) is 0 Å². The molecule has 0 spiro atoms. The summed E-state index contributed by atoms with van der Waals surface area (Å²) in [6, 6.07) is 10.9. The number of halogens is 2. The molecule has 9 heteroatoms. The Morgan fingerprint density at radius 3 is 2.61 bits per heavy atom. The van der Waals surface area contributed by atoms with Crippen molar-refractivity contribution < 1.29 is 23.4 Å². The number of fused-ring (bicyclic) bond motifs is 4. The maximum Gasteiger partial charge on any atom is 0.387 e. The summed E-state index contributed by atoms with van der Waals surface area (Å²) in [5, 5.41) is 10.1. The average molecular weight is 452 g/mol. The number of alkyl halides is 2. The molecule has 0 saturated carbocycles. The standard InChI is InChI=1S/C24H22F2N4O3/c1-24(2,31)22-27-9-16(10-28-22)14-6-7-18-19(8-14)30-11-17-15(12-32-13-21(30)29-18)4-3-5-20(17)33-23(25)26/h3-10,23,31H,11-13H2,1-2H3. The number of imidazole rings is 1. The molecule has 7 nitrogen and oxygen atoms in total. The third kappa shape index (κ3) is 4.17. The number of hydrogen-bond donors (Lipinski definition) is 1. The van der Waals surface area contributed by atoms with Crippen LogP contribution in [0.15, 0.2) is 48.8 Å². The molecule has 2 aromatic heterocycles. The van der Waals surface area contributed by atoms with Gasteiger partial charge in [-0.1, -0.05) is 18.2 Å². The zero-order valence-electron chi connectivity index (χ0n) is 18.1. The van der Waals surface area contributed by atoms with Gasteiger partial charge < -0.3 is 19.1 Å². The van der Waals surface area contributed by atoms with E-state index >= 15 is 0 Å². The van der Waals surface area contributed by atoms with Gasteiger partial charge in [0.1, 0.15) is 23.8 Å². The predicted molar refractivity (Wildman–Crippen MR) is 117 cm³/mol. The number of rotatable bonds is 4. The van der Waals surface area contributed by atoms with Gasteiger partial charge in [0.15, 0.2) is 5.82 Å². The first-order valence-corrected chi connectivity index (χ1v) is 10.5. The number of hydrogen-bond acceptors (Lipinski definition) is 6. The highest BCUT2D eigenvalue weighted by Gasteiger charge is 2.22. The van der Waals surface area contributed by atoms with Gasteiger partial charge >= 0.3 is 6.61 Å². The normalized spacial score (nSPS) is 14.0. The van der Waals surface area contributed by atoms with E-state index in [4.69, 9.17) is 9.47 Å². The van der Waals surface area contributed by atoms with E-state index in [0.29, 0.717) is 30.4 Å². The highest BCUT2D eigenvalue weighted by Crippen LogP contribution is 2.32. The Balaban J connectivity index is 1.58. The minimum Gasteiger partial charge on any atom is -0.434 e. The number of ether oxygens (including phenoxy) is 2. The number of aliphatic hydroxyl groups is 1. The lowest BCUT2D eigenvalue weighted by Gasteiger charge is -2.20. The van der Waals surface area contributed by atoms with E-state index in [1.54, 1.807) is 38.4 Å². The van der Waals surface area contributed by atoms with E-state index in [1.807, 2.05) is 28.8 Å². The molecule has 1 aliphatic heterocycles. The molecule has 33 heavy (non-hydrogen) atoms. The van der Waals surface area contributed by atoms with E-state index in [-0.39, 0.29) is 12.4 Å². The molecule has 0 amide bonds. The van der Waals surface area contributed by atoms with Crippen LogP contribution in [-0.4, -0.2) is 31.2 Å². The van der Waals surface area contributed by atoms with Crippen LogP contribution < -0.4 is 4.74 Å². The lowest BCUT2D eigenvalue weighted by molar-refractivity contribution is -0.0507. The van der Waals surface area contributed by atoms with Crippen LogP contribution in [-0.2, 0) is 30.1 Å². The Morgan fingerprint density at radius 1 is 1.09 bits per heavy atom. The molecule has 1 N–H and O–H groups in total. The van der Waals surface area contributed by atoms with Gasteiger partial charge in [0.25, 0.3) is 0 Å². The number of benzene rings is 2. The van der Waals surface area contributed by atoms with Crippen LogP contribution in [0.2, 0.25) is 0 Å². The largest absolute Gasteiger partial charge is 0.434 e. The lowest BCUT2D eigenvalue weighted by Crippen LogP contribution is -2.19. The highest BCUT2D eigenvalue weighted by molar-refractivity contribution is 5.82. The van der Waals surface area contributed by atoms with Gasteiger partial charge in [-0.15, -0.1) is 0 Å². The Hall–Kier alpha value is -3.43. The van der Waals surface area contributed by atoms with Crippen LogP contribution in [0.4, 0.5) is 8.78 Å². The fourth-order valence-electron chi connectivity index (χ4n) is 3.97. The van der Waals surface area contributed by atoms with E-state index in [1.165, 1.54) is 0 Å². The summed E-state index contributed by atoms with van der Waals surface area (Å²) in [5.41, 5.74) is 3.56. The molecule has 170 valence electrons. The Kier molecular flexibility index (Phi) is 5.30. The van der Waals surface area contributed by atoms with Crippen molar-refractivity contribution in [3.05, 3.63) is 71.6 Å². The number of aromatic nitrogens is 4. The van der Waals surface area contributed by atoms with Crippen LogP contribution in [0, 0.1) is 0 Å². The van der Waals surface area contributed by atoms with Crippen molar-refractivity contribution in [2.45, 2.75) is 45.8 Å². The minimum absolute atomic E-state index is 0.132.